The maximum Gasteiger partial charge on any atom is 0.210 e. The van der Waals surface area contributed by atoms with Gasteiger partial charge in [-0.15, -0.1) is 0 Å². The van der Waals surface area contributed by atoms with Gasteiger partial charge in [-0.25, -0.2) is 12.7 Å². The van der Waals surface area contributed by atoms with Gasteiger partial charge in [-0.1, -0.05) is 24.3 Å². The summed E-state index contributed by atoms with van der Waals surface area (Å²) in [5.74, 6) is 0. The van der Waals surface area contributed by atoms with E-state index in [0.717, 1.165) is 10.6 Å². The van der Waals surface area contributed by atoms with E-state index < -0.39 is 10.0 Å². The lowest BCUT2D eigenvalue weighted by atomic mass is 10.5. The summed E-state index contributed by atoms with van der Waals surface area (Å²) in [4.78, 5) is 0. The van der Waals surface area contributed by atoms with E-state index in [0.29, 0.717) is 0 Å². The Morgan fingerprint density at radius 3 is 1.31 bits per heavy atom. The maximum atomic E-state index is 10.3. The van der Waals surface area contributed by atoms with Gasteiger partial charge < -0.3 is 0 Å². The van der Waals surface area contributed by atoms with Crippen molar-refractivity contribution in [2.24, 2.45) is 0 Å². The van der Waals surface area contributed by atoms with Crippen LogP contribution in [0, 0.1) is 0 Å². The van der Waals surface area contributed by atoms with Crippen molar-refractivity contribution in [2.45, 2.75) is 13.8 Å². The van der Waals surface area contributed by atoms with Crippen molar-refractivity contribution in [1.82, 2.24) is 4.31 Å². The molecule has 0 aromatic rings. The van der Waals surface area contributed by atoms with E-state index in [4.69, 9.17) is 0 Å². The Hall–Kier alpha value is -0.610. The zero-order valence-corrected chi connectivity index (χ0v) is 9.80. The summed E-state index contributed by atoms with van der Waals surface area (Å²) in [5.41, 5.74) is 0. The molecule has 0 aliphatic carbocycles. The van der Waals surface area contributed by atoms with Crippen LogP contribution < -0.4 is 0 Å². The maximum absolute atomic E-state index is 10.3. The molecule has 3 nitrogen and oxygen atoms in total. The van der Waals surface area contributed by atoms with Gasteiger partial charge in [0.2, 0.25) is 10.0 Å². The van der Waals surface area contributed by atoms with E-state index in [9.17, 15) is 8.42 Å². The Bertz CT molecular complexity index is 241. The van der Waals surface area contributed by atoms with Crippen LogP contribution in [-0.4, -0.2) is 33.1 Å². The molecule has 0 fully saturated rings. The highest BCUT2D eigenvalue weighted by Crippen LogP contribution is 1.83. The van der Waals surface area contributed by atoms with Gasteiger partial charge in [0.25, 0.3) is 0 Å². The van der Waals surface area contributed by atoms with Gasteiger partial charge in [-0.05, 0) is 13.8 Å². The lowest BCUT2D eigenvalue weighted by molar-refractivity contribution is 0.527. The van der Waals surface area contributed by atoms with Gasteiger partial charge in [0.1, 0.15) is 0 Å². The molecule has 4 heteroatoms. The molecule has 0 rings (SSSR count). The summed E-state index contributed by atoms with van der Waals surface area (Å²) in [7, 11) is 0.0833. The molecule has 0 aromatic carbocycles. The highest BCUT2D eigenvalue weighted by molar-refractivity contribution is 7.88. The van der Waals surface area contributed by atoms with E-state index in [1.54, 1.807) is 0 Å². The Kier molecular flexibility index (Phi) is 9.17. The third kappa shape index (κ3) is 14.3. The van der Waals surface area contributed by atoms with Crippen molar-refractivity contribution in [3.8, 4) is 0 Å². The fourth-order valence-electron chi connectivity index (χ4n) is 0.222. The zero-order chi connectivity index (χ0) is 10.9. The van der Waals surface area contributed by atoms with Crippen LogP contribution in [0.25, 0.3) is 0 Å². The molecule has 0 heterocycles. The van der Waals surface area contributed by atoms with Gasteiger partial charge in [0.05, 0.1) is 6.26 Å². The fraction of sp³-hybridized carbons (Fsp3) is 0.556. The van der Waals surface area contributed by atoms with Crippen molar-refractivity contribution < 1.29 is 8.42 Å². The standard InChI is InChI=1S/C6H10.C3H9NO2S/c1-3-5-6-4-2;1-4(2)7(3,5)6/h3-6H,1-2H3;1-3H3/b5-3-,6-4-;. The molecule has 78 valence electrons. The average molecular weight is 205 g/mol. The molecule has 0 aliphatic heterocycles. The van der Waals surface area contributed by atoms with Crippen molar-refractivity contribution in [1.29, 1.82) is 0 Å². The second kappa shape index (κ2) is 8.01. The smallest absolute Gasteiger partial charge is 0.210 e. The largest absolute Gasteiger partial charge is 0.213 e. The Morgan fingerprint density at radius 1 is 1.00 bits per heavy atom. The van der Waals surface area contributed by atoms with Crippen molar-refractivity contribution >= 4 is 10.0 Å². The highest BCUT2D eigenvalue weighted by atomic mass is 32.2. The second-order valence-corrected chi connectivity index (χ2v) is 4.79. The molecule has 0 amide bonds. The first-order chi connectivity index (χ1) is 5.86. The molecule has 13 heavy (non-hydrogen) atoms. The first-order valence-electron chi connectivity index (χ1n) is 3.97. The Labute approximate surface area is 81.8 Å². The lowest BCUT2D eigenvalue weighted by Crippen LogP contribution is -2.19. The summed E-state index contributed by atoms with van der Waals surface area (Å²) >= 11 is 0. The summed E-state index contributed by atoms with van der Waals surface area (Å²) in [6.07, 6.45) is 9.16. The normalized spacial score (nSPS) is 12.2. The summed E-state index contributed by atoms with van der Waals surface area (Å²) in [6, 6.07) is 0. The molecule has 0 bridgehead atoms. The average Bonchev–Trinajstić information content (AvgIpc) is 2.00. The van der Waals surface area contributed by atoms with Crippen molar-refractivity contribution in [3.63, 3.8) is 0 Å². The quantitative estimate of drug-likeness (QED) is 0.643. The minimum absolute atomic E-state index is 1.16. The molecule has 0 unspecified atom stereocenters. The van der Waals surface area contributed by atoms with Crippen LogP contribution in [-0.2, 0) is 10.0 Å². The number of allylic oxidation sites excluding steroid dienone is 4. The molecular weight excluding hydrogens is 186 g/mol. The summed E-state index contributed by atoms with van der Waals surface area (Å²) in [5, 5.41) is 0. The van der Waals surface area contributed by atoms with Crippen molar-refractivity contribution in [2.75, 3.05) is 20.4 Å². The lowest BCUT2D eigenvalue weighted by Gasteiger charge is -2.02. The van der Waals surface area contributed by atoms with Gasteiger partial charge in [0, 0.05) is 14.1 Å². The van der Waals surface area contributed by atoms with E-state index in [1.165, 1.54) is 14.1 Å². The summed E-state index contributed by atoms with van der Waals surface area (Å²) in [6.45, 7) is 4.00. The van der Waals surface area contributed by atoms with Crippen LogP contribution >= 0.6 is 0 Å². The van der Waals surface area contributed by atoms with Crippen LogP contribution in [0.1, 0.15) is 13.8 Å². The predicted octanol–water partition coefficient (Wildman–Crippen LogP) is 1.65. The van der Waals surface area contributed by atoms with Crippen LogP contribution in [0.4, 0.5) is 0 Å². The number of hydrogen-bond acceptors (Lipinski definition) is 2. The van der Waals surface area contributed by atoms with E-state index >= 15 is 0 Å². The van der Waals surface area contributed by atoms with Crippen LogP contribution in [0.2, 0.25) is 0 Å². The van der Waals surface area contributed by atoms with E-state index in [1.807, 2.05) is 38.2 Å². The van der Waals surface area contributed by atoms with Crippen LogP contribution in [0.5, 0.6) is 0 Å². The Morgan fingerprint density at radius 2 is 1.23 bits per heavy atom. The Balaban J connectivity index is 0. The third-order valence-corrected chi connectivity index (χ3v) is 2.49. The fourth-order valence-corrected chi connectivity index (χ4v) is 0.222. The number of sulfonamides is 1. The van der Waals surface area contributed by atoms with Crippen LogP contribution in [0.3, 0.4) is 0 Å². The second-order valence-electron chi connectivity index (χ2n) is 2.60. The third-order valence-electron chi connectivity index (χ3n) is 1.16. The van der Waals surface area contributed by atoms with E-state index in [-0.39, 0.29) is 0 Å². The molecule has 0 aliphatic rings. The van der Waals surface area contributed by atoms with E-state index in [2.05, 4.69) is 0 Å². The first-order valence-corrected chi connectivity index (χ1v) is 5.82. The molecule has 0 aromatic heterocycles. The summed E-state index contributed by atoms with van der Waals surface area (Å²) < 4.78 is 21.7. The first kappa shape index (κ1) is 14.9. The highest BCUT2D eigenvalue weighted by Gasteiger charge is 2.00. The van der Waals surface area contributed by atoms with Gasteiger partial charge >= 0.3 is 0 Å². The number of hydrogen-bond donors (Lipinski definition) is 0. The molecule has 0 radical (unpaired) electrons. The predicted molar refractivity (Wildman–Crippen MR) is 58.2 cm³/mol. The van der Waals surface area contributed by atoms with Gasteiger partial charge in [-0.2, -0.15) is 0 Å². The zero-order valence-electron chi connectivity index (χ0n) is 8.98. The molecule has 0 N–H and O–H groups in total. The number of rotatable bonds is 2. The van der Waals surface area contributed by atoms with Crippen molar-refractivity contribution in [3.05, 3.63) is 24.3 Å². The molecular formula is C9H19NO2S. The minimum atomic E-state index is -2.91. The molecule has 0 spiro atoms. The molecule has 0 saturated heterocycles. The molecule has 0 atom stereocenters. The molecule has 0 saturated carbocycles. The van der Waals surface area contributed by atoms with Gasteiger partial charge in [-0.3, -0.25) is 0 Å². The van der Waals surface area contributed by atoms with Gasteiger partial charge in [0.15, 0.2) is 0 Å². The SMILES string of the molecule is C/C=C\C=C/C.CN(C)S(C)(=O)=O. The number of nitrogens with zero attached hydrogens (tertiary/aromatic N) is 1. The topological polar surface area (TPSA) is 37.4 Å². The van der Waals surface area contributed by atoms with Crippen LogP contribution in [0.15, 0.2) is 24.3 Å². The minimum Gasteiger partial charge on any atom is -0.213 e. The monoisotopic (exact) mass is 205 g/mol.